The van der Waals surface area contributed by atoms with Crippen LogP contribution in [0.3, 0.4) is 0 Å². The van der Waals surface area contributed by atoms with Crippen LogP contribution < -0.4 is 10.6 Å². The molecule has 1 aromatic carbocycles. The van der Waals surface area contributed by atoms with E-state index in [0.717, 1.165) is 12.1 Å². The zero-order valence-electron chi connectivity index (χ0n) is 9.42. The van der Waals surface area contributed by atoms with Gasteiger partial charge in [-0.1, -0.05) is 12.1 Å². The number of nitrogens with one attached hydrogen (secondary N) is 2. The Hall–Kier alpha value is -1.76. The van der Waals surface area contributed by atoms with Gasteiger partial charge in [0.05, 0.1) is 12.2 Å². The molecule has 4 nitrogen and oxygen atoms in total. The normalized spacial score (nSPS) is 11.1. The number of halogens is 3. The summed E-state index contributed by atoms with van der Waals surface area (Å²) in [7, 11) is 0. The summed E-state index contributed by atoms with van der Waals surface area (Å²) in [5.74, 6) is 0. The molecule has 0 aliphatic carbocycles. The molecule has 18 heavy (non-hydrogen) atoms. The van der Waals surface area contributed by atoms with Gasteiger partial charge in [0.25, 0.3) is 0 Å². The van der Waals surface area contributed by atoms with Gasteiger partial charge in [0.2, 0.25) is 0 Å². The first-order valence-corrected chi connectivity index (χ1v) is 5.22. The van der Waals surface area contributed by atoms with Gasteiger partial charge in [0.15, 0.2) is 0 Å². The van der Waals surface area contributed by atoms with E-state index in [2.05, 4.69) is 10.6 Å². The van der Waals surface area contributed by atoms with Crippen molar-refractivity contribution in [3.8, 4) is 0 Å². The maximum atomic E-state index is 12.4. The summed E-state index contributed by atoms with van der Waals surface area (Å²) >= 11 is 0. The van der Waals surface area contributed by atoms with Gasteiger partial charge in [0.1, 0.15) is 0 Å². The number of hydrogen-bond acceptors (Lipinski definition) is 2. The molecule has 0 fully saturated rings. The topological polar surface area (TPSA) is 61.4 Å². The van der Waals surface area contributed by atoms with Crippen LogP contribution in [0.4, 0.5) is 18.0 Å². The van der Waals surface area contributed by atoms with Crippen molar-refractivity contribution in [2.75, 3.05) is 13.2 Å². The molecular weight excluding hydrogens is 249 g/mol. The Labute approximate surface area is 102 Å². The predicted octanol–water partition coefficient (Wildman–Crippen LogP) is 1.50. The molecule has 0 heterocycles. The molecule has 1 aromatic rings. The van der Waals surface area contributed by atoms with E-state index in [1.165, 1.54) is 12.1 Å². The second-order valence-electron chi connectivity index (χ2n) is 3.53. The van der Waals surface area contributed by atoms with Gasteiger partial charge < -0.3 is 15.7 Å². The second kappa shape index (κ2) is 6.25. The number of carbonyl (C=O) groups is 1. The summed E-state index contributed by atoms with van der Waals surface area (Å²) in [5, 5.41) is 13.2. The zero-order chi connectivity index (χ0) is 13.6. The lowest BCUT2D eigenvalue weighted by molar-refractivity contribution is -0.137. The average Bonchev–Trinajstić information content (AvgIpc) is 2.33. The summed E-state index contributed by atoms with van der Waals surface area (Å²) in [6.07, 6.45) is -4.39. The van der Waals surface area contributed by atoms with Crippen LogP contribution >= 0.6 is 0 Å². The molecule has 2 amide bonds. The molecule has 0 atom stereocenters. The van der Waals surface area contributed by atoms with E-state index >= 15 is 0 Å². The highest BCUT2D eigenvalue weighted by Crippen LogP contribution is 2.29. The summed E-state index contributed by atoms with van der Waals surface area (Å²) in [5.41, 5.74) is -0.401. The smallest absolute Gasteiger partial charge is 0.395 e. The minimum absolute atomic E-state index is 0.0127. The molecule has 0 bridgehead atoms. The van der Waals surface area contributed by atoms with Crippen molar-refractivity contribution in [3.63, 3.8) is 0 Å². The highest BCUT2D eigenvalue weighted by molar-refractivity contribution is 5.73. The first kappa shape index (κ1) is 14.3. The molecule has 0 aliphatic heterocycles. The molecule has 7 heteroatoms. The van der Waals surface area contributed by atoms with Crippen LogP contribution in [0.5, 0.6) is 0 Å². The minimum Gasteiger partial charge on any atom is -0.395 e. The average molecular weight is 262 g/mol. The van der Waals surface area contributed by atoms with Gasteiger partial charge in [0, 0.05) is 13.1 Å². The van der Waals surface area contributed by atoms with Crippen molar-refractivity contribution < 1.29 is 23.1 Å². The number of hydrogen-bond donors (Lipinski definition) is 3. The highest BCUT2D eigenvalue weighted by Gasteiger charge is 2.30. The molecular formula is C11H13F3N2O2. The molecule has 0 radical (unpaired) electrons. The quantitative estimate of drug-likeness (QED) is 0.770. The van der Waals surface area contributed by atoms with Crippen molar-refractivity contribution in [3.05, 3.63) is 35.4 Å². The van der Waals surface area contributed by atoms with Gasteiger partial charge in [-0.3, -0.25) is 0 Å². The van der Waals surface area contributed by atoms with Crippen LogP contribution in [-0.2, 0) is 12.7 Å². The predicted molar refractivity (Wildman–Crippen MR) is 58.8 cm³/mol. The van der Waals surface area contributed by atoms with Gasteiger partial charge >= 0.3 is 12.2 Å². The fraction of sp³-hybridized carbons (Fsp3) is 0.364. The number of benzene rings is 1. The Kier molecular flexibility index (Phi) is 4.96. The fourth-order valence-electron chi connectivity index (χ4n) is 1.27. The number of urea groups is 1. The minimum atomic E-state index is -4.39. The van der Waals surface area contributed by atoms with Crippen molar-refractivity contribution in [1.82, 2.24) is 10.6 Å². The van der Waals surface area contributed by atoms with Crippen molar-refractivity contribution in [2.45, 2.75) is 12.7 Å². The Morgan fingerprint density at radius 1 is 1.28 bits per heavy atom. The van der Waals surface area contributed by atoms with E-state index in [1.807, 2.05) is 0 Å². The fourth-order valence-corrected chi connectivity index (χ4v) is 1.27. The van der Waals surface area contributed by atoms with E-state index in [9.17, 15) is 18.0 Å². The van der Waals surface area contributed by atoms with E-state index in [4.69, 9.17) is 5.11 Å². The van der Waals surface area contributed by atoms with Crippen LogP contribution in [-0.4, -0.2) is 24.3 Å². The van der Waals surface area contributed by atoms with Crippen LogP contribution in [0.15, 0.2) is 24.3 Å². The summed E-state index contributed by atoms with van der Waals surface area (Å²) in [4.78, 5) is 11.1. The van der Waals surface area contributed by atoms with E-state index in [0.29, 0.717) is 5.56 Å². The van der Waals surface area contributed by atoms with E-state index < -0.39 is 17.8 Å². The standard InChI is InChI=1S/C11H13F3N2O2/c12-11(13,14)9-3-1-2-8(6-9)7-16-10(18)15-4-5-17/h1-3,6,17H,4-5,7H2,(H2,15,16,18). The first-order valence-electron chi connectivity index (χ1n) is 5.22. The number of aliphatic hydroxyl groups is 1. The third-order valence-electron chi connectivity index (χ3n) is 2.10. The molecule has 0 unspecified atom stereocenters. The largest absolute Gasteiger partial charge is 0.416 e. The van der Waals surface area contributed by atoms with Crippen molar-refractivity contribution >= 4 is 6.03 Å². The van der Waals surface area contributed by atoms with Gasteiger partial charge in [-0.2, -0.15) is 13.2 Å². The molecule has 0 saturated heterocycles. The summed E-state index contributed by atoms with van der Waals surface area (Å²) < 4.78 is 37.2. The summed E-state index contributed by atoms with van der Waals surface area (Å²) in [6.45, 7) is -0.118. The lowest BCUT2D eigenvalue weighted by Crippen LogP contribution is -2.36. The van der Waals surface area contributed by atoms with Crippen LogP contribution in [0, 0.1) is 0 Å². The molecule has 0 aromatic heterocycles. The second-order valence-corrected chi connectivity index (χ2v) is 3.53. The Morgan fingerprint density at radius 3 is 2.61 bits per heavy atom. The number of rotatable bonds is 4. The summed E-state index contributed by atoms with van der Waals surface area (Å²) in [6, 6.07) is 4.18. The van der Waals surface area contributed by atoms with Crippen LogP contribution in [0.1, 0.15) is 11.1 Å². The third-order valence-corrected chi connectivity index (χ3v) is 2.10. The van der Waals surface area contributed by atoms with Crippen molar-refractivity contribution in [2.24, 2.45) is 0 Å². The zero-order valence-corrected chi connectivity index (χ0v) is 9.42. The van der Waals surface area contributed by atoms with E-state index in [-0.39, 0.29) is 19.7 Å². The van der Waals surface area contributed by atoms with Crippen molar-refractivity contribution in [1.29, 1.82) is 0 Å². The number of alkyl halides is 3. The number of amides is 2. The molecule has 0 saturated carbocycles. The molecule has 1 rings (SSSR count). The molecule has 0 aliphatic rings. The Bertz CT molecular complexity index is 408. The maximum Gasteiger partial charge on any atom is 0.416 e. The highest BCUT2D eigenvalue weighted by atomic mass is 19.4. The SMILES string of the molecule is O=C(NCCO)NCc1cccc(C(F)(F)F)c1. The lowest BCUT2D eigenvalue weighted by Gasteiger charge is -2.10. The maximum absolute atomic E-state index is 12.4. The monoisotopic (exact) mass is 262 g/mol. The third kappa shape index (κ3) is 4.62. The van der Waals surface area contributed by atoms with Gasteiger partial charge in [-0.05, 0) is 17.7 Å². The lowest BCUT2D eigenvalue weighted by atomic mass is 10.1. The Balaban J connectivity index is 2.55. The first-order chi connectivity index (χ1) is 8.43. The van der Waals surface area contributed by atoms with Crippen LogP contribution in [0.2, 0.25) is 0 Å². The van der Waals surface area contributed by atoms with Gasteiger partial charge in [-0.15, -0.1) is 0 Å². The number of aliphatic hydroxyl groups excluding tert-OH is 1. The number of carbonyl (C=O) groups excluding carboxylic acids is 1. The van der Waals surface area contributed by atoms with Crippen LogP contribution in [0.25, 0.3) is 0 Å². The van der Waals surface area contributed by atoms with E-state index in [1.54, 1.807) is 0 Å². The molecule has 0 spiro atoms. The molecule has 100 valence electrons. The Morgan fingerprint density at radius 2 is 2.00 bits per heavy atom. The van der Waals surface area contributed by atoms with Gasteiger partial charge in [-0.25, -0.2) is 4.79 Å². The molecule has 3 N–H and O–H groups in total.